The third-order valence-corrected chi connectivity index (χ3v) is 3.46. The van der Waals surface area contributed by atoms with Gasteiger partial charge in [-0.3, -0.25) is 14.9 Å². The number of hydrogen-bond acceptors (Lipinski definition) is 5. The van der Waals surface area contributed by atoms with E-state index in [2.05, 4.69) is 0 Å². The van der Waals surface area contributed by atoms with Crippen LogP contribution in [0.4, 0.5) is 5.00 Å². The predicted octanol–water partition coefficient (Wildman–Crippen LogP) is 0.863. The fraction of sp³-hybridized carbons (Fsp3) is 0.444. The van der Waals surface area contributed by atoms with E-state index in [1.165, 1.54) is 17.0 Å². The Kier molecular flexibility index (Phi) is 2.88. The summed E-state index contributed by atoms with van der Waals surface area (Å²) in [5, 5.41) is 19.7. The molecule has 0 aromatic carbocycles. The molecule has 0 aliphatic carbocycles. The average molecular weight is 242 g/mol. The van der Waals surface area contributed by atoms with Crippen molar-refractivity contribution >= 4 is 22.2 Å². The molecule has 86 valence electrons. The summed E-state index contributed by atoms with van der Waals surface area (Å²) in [6, 6.07) is 2.78. The smallest absolute Gasteiger partial charge is 0.324 e. The van der Waals surface area contributed by atoms with Gasteiger partial charge in [-0.05, 0) is 12.5 Å². The van der Waals surface area contributed by atoms with Crippen LogP contribution in [0.15, 0.2) is 12.1 Å². The van der Waals surface area contributed by atoms with Gasteiger partial charge in [-0.1, -0.05) is 11.3 Å². The lowest BCUT2D eigenvalue weighted by atomic mass is 10.3. The van der Waals surface area contributed by atoms with Crippen molar-refractivity contribution in [2.45, 2.75) is 12.5 Å². The Bertz CT molecular complexity index is 431. The third-order valence-electron chi connectivity index (χ3n) is 2.43. The van der Waals surface area contributed by atoms with Crippen molar-refractivity contribution in [2.24, 2.45) is 0 Å². The molecule has 2 rings (SSSR count). The molecule has 0 bridgehead atoms. The lowest BCUT2D eigenvalue weighted by molar-refractivity contribution is -0.380. The number of thiophene rings is 1. The van der Waals surface area contributed by atoms with E-state index in [0.717, 1.165) is 11.3 Å². The van der Waals surface area contributed by atoms with Gasteiger partial charge >= 0.3 is 5.00 Å². The number of carbonyl (C=O) groups is 1. The zero-order valence-corrected chi connectivity index (χ0v) is 9.14. The number of carbonyl (C=O) groups excluding carboxylic acids is 1. The molecule has 7 heteroatoms. The highest BCUT2D eigenvalue weighted by Gasteiger charge is 2.27. The van der Waals surface area contributed by atoms with Gasteiger partial charge in [-0.25, -0.2) is 0 Å². The van der Waals surface area contributed by atoms with E-state index in [0.29, 0.717) is 24.4 Å². The molecule has 0 saturated carbocycles. The molecule has 1 N–H and O–H groups in total. The molecule has 1 aliphatic heterocycles. The van der Waals surface area contributed by atoms with Crippen LogP contribution in [-0.2, 0) is 0 Å². The molecule has 1 aromatic heterocycles. The molecule has 16 heavy (non-hydrogen) atoms. The topological polar surface area (TPSA) is 83.7 Å². The van der Waals surface area contributed by atoms with Gasteiger partial charge in [0, 0.05) is 19.2 Å². The SMILES string of the molecule is O=C(c1ccc([N+](=O)[O-])s1)N1CCC(O)C1. The summed E-state index contributed by atoms with van der Waals surface area (Å²) in [5.74, 6) is -0.241. The first-order chi connectivity index (χ1) is 7.58. The second kappa shape index (κ2) is 4.18. The summed E-state index contributed by atoms with van der Waals surface area (Å²) in [7, 11) is 0. The summed E-state index contributed by atoms with van der Waals surface area (Å²) in [6.45, 7) is 0.816. The van der Waals surface area contributed by atoms with Crippen molar-refractivity contribution in [2.75, 3.05) is 13.1 Å². The molecule has 1 aromatic rings. The molecule has 1 fully saturated rings. The van der Waals surface area contributed by atoms with Gasteiger partial charge in [0.2, 0.25) is 0 Å². The van der Waals surface area contributed by atoms with Crippen molar-refractivity contribution in [1.29, 1.82) is 0 Å². The molecule has 1 aliphatic rings. The predicted molar refractivity (Wildman–Crippen MR) is 57.5 cm³/mol. The second-order valence-corrected chi connectivity index (χ2v) is 4.65. The van der Waals surface area contributed by atoms with E-state index in [9.17, 15) is 20.0 Å². The largest absolute Gasteiger partial charge is 0.391 e. The van der Waals surface area contributed by atoms with E-state index < -0.39 is 11.0 Å². The molecule has 1 unspecified atom stereocenters. The summed E-state index contributed by atoms with van der Waals surface area (Å²) in [5.41, 5.74) is 0. The van der Waals surface area contributed by atoms with Gasteiger partial charge in [-0.15, -0.1) is 0 Å². The molecule has 0 radical (unpaired) electrons. The average Bonchev–Trinajstić information content (AvgIpc) is 2.84. The van der Waals surface area contributed by atoms with Crippen LogP contribution in [0.5, 0.6) is 0 Å². The van der Waals surface area contributed by atoms with Crippen LogP contribution in [0.3, 0.4) is 0 Å². The summed E-state index contributed by atoms with van der Waals surface area (Å²) < 4.78 is 0. The minimum Gasteiger partial charge on any atom is -0.391 e. The zero-order valence-electron chi connectivity index (χ0n) is 8.33. The quantitative estimate of drug-likeness (QED) is 0.616. The van der Waals surface area contributed by atoms with E-state index in [4.69, 9.17) is 0 Å². The molecule has 2 heterocycles. The van der Waals surface area contributed by atoms with Crippen LogP contribution in [0, 0.1) is 10.1 Å². The Hall–Kier alpha value is -1.47. The van der Waals surface area contributed by atoms with Crippen molar-refractivity contribution in [3.63, 3.8) is 0 Å². The van der Waals surface area contributed by atoms with Gasteiger partial charge in [0.1, 0.15) is 0 Å². The molecular weight excluding hydrogens is 232 g/mol. The van der Waals surface area contributed by atoms with Crippen LogP contribution in [0.1, 0.15) is 16.1 Å². The maximum Gasteiger partial charge on any atom is 0.324 e. The molecule has 1 saturated heterocycles. The first kappa shape index (κ1) is 11.0. The zero-order chi connectivity index (χ0) is 11.7. The van der Waals surface area contributed by atoms with Crippen LogP contribution >= 0.6 is 11.3 Å². The first-order valence-electron chi connectivity index (χ1n) is 4.79. The summed E-state index contributed by atoms with van der Waals surface area (Å²) in [6.07, 6.45) is 0.0954. The Morgan fingerprint density at radius 2 is 2.38 bits per heavy atom. The fourth-order valence-corrected chi connectivity index (χ4v) is 2.41. The number of likely N-dealkylation sites (tertiary alicyclic amines) is 1. The fourth-order valence-electron chi connectivity index (χ4n) is 1.62. The number of aliphatic hydroxyl groups is 1. The minimum absolute atomic E-state index is 0.0388. The van der Waals surface area contributed by atoms with Crippen molar-refractivity contribution in [1.82, 2.24) is 4.90 Å². The third kappa shape index (κ3) is 2.05. The number of nitro groups is 1. The number of aliphatic hydroxyl groups excluding tert-OH is 1. The molecular formula is C9H10N2O4S. The monoisotopic (exact) mass is 242 g/mol. The Balaban J connectivity index is 2.11. The van der Waals surface area contributed by atoms with Gasteiger partial charge in [0.25, 0.3) is 5.91 Å². The van der Waals surface area contributed by atoms with Crippen LogP contribution in [0.25, 0.3) is 0 Å². The molecule has 6 nitrogen and oxygen atoms in total. The van der Waals surface area contributed by atoms with Crippen LogP contribution in [-0.4, -0.2) is 40.0 Å². The number of β-amino-alcohol motifs (C(OH)–C–C–N with tert-alkyl or cyclic N) is 1. The number of nitrogens with zero attached hydrogens (tertiary/aromatic N) is 2. The number of hydrogen-bond donors (Lipinski definition) is 1. The number of rotatable bonds is 2. The van der Waals surface area contributed by atoms with E-state index >= 15 is 0 Å². The van der Waals surface area contributed by atoms with Gasteiger partial charge in [0.15, 0.2) is 0 Å². The molecule has 1 amide bonds. The highest BCUT2D eigenvalue weighted by Crippen LogP contribution is 2.26. The second-order valence-electron chi connectivity index (χ2n) is 3.59. The standard InChI is InChI=1S/C9H10N2O4S/c12-6-3-4-10(5-6)9(13)7-1-2-8(16-7)11(14)15/h1-2,6,12H,3-5H2. The van der Waals surface area contributed by atoms with Crippen molar-refractivity contribution in [3.8, 4) is 0 Å². The highest BCUT2D eigenvalue weighted by atomic mass is 32.1. The molecule has 1 atom stereocenters. The van der Waals surface area contributed by atoms with Crippen molar-refractivity contribution in [3.05, 3.63) is 27.1 Å². The lowest BCUT2D eigenvalue weighted by Gasteiger charge is -2.13. The maximum atomic E-state index is 11.8. The van der Waals surface area contributed by atoms with Crippen LogP contribution < -0.4 is 0 Å². The Labute approximate surface area is 95.3 Å². The normalized spacial score (nSPS) is 20.1. The Morgan fingerprint density at radius 1 is 1.62 bits per heavy atom. The first-order valence-corrected chi connectivity index (χ1v) is 5.61. The lowest BCUT2D eigenvalue weighted by Crippen LogP contribution is -2.28. The maximum absolute atomic E-state index is 11.8. The van der Waals surface area contributed by atoms with Gasteiger partial charge in [0.05, 0.1) is 15.9 Å². The Morgan fingerprint density at radius 3 is 2.88 bits per heavy atom. The van der Waals surface area contributed by atoms with E-state index in [-0.39, 0.29) is 10.9 Å². The van der Waals surface area contributed by atoms with E-state index in [1.54, 1.807) is 0 Å². The number of amides is 1. The highest BCUT2D eigenvalue weighted by molar-refractivity contribution is 7.17. The minimum atomic E-state index is -0.514. The van der Waals surface area contributed by atoms with Gasteiger partial charge < -0.3 is 10.0 Å². The van der Waals surface area contributed by atoms with Crippen LogP contribution in [0.2, 0.25) is 0 Å². The van der Waals surface area contributed by atoms with E-state index in [1.807, 2.05) is 0 Å². The van der Waals surface area contributed by atoms with Gasteiger partial charge in [-0.2, -0.15) is 0 Å². The van der Waals surface area contributed by atoms with Crippen molar-refractivity contribution < 1.29 is 14.8 Å². The molecule has 0 spiro atoms. The summed E-state index contributed by atoms with van der Waals surface area (Å²) in [4.78, 5) is 23.6. The summed E-state index contributed by atoms with van der Waals surface area (Å²) >= 11 is 0.865.